The quantitative estimate of drug-likeness (QED) is 0.810. The molecular formula is C11H16ClNO. The van der Waals surface area contributed by atoms with Crippen molar-refractivity contribution < 1.29 is 5.11 Å². The van der Waals surface area contributed by atoms with Crippen LogP contribution in [0.4, 0.5) is 5.69 Å². The van der Waals surface area contributed by atoms with E-state index in [0.29, 0.717) is 5.02 Å². The summed E-state index contributed by atoms with van der Waals surface area (Å²) in [6, 6.07) is 5.81. The van der Waals surface area contributed by atoms with E-state index in [9.17, 15) is 5.11 Å². The first-order valence-corrected chi connectivity index (χ1v) is 5.09. The molecule has 1 aromatic rings. The fourth-order valence-corrected chi connectivity index (χ4v) is 1.39. The highest BCUT2D eigenvalue weighted by Gasteiger charge is 2.09. The van der Waals surface area contributed by atoms with Crippen LogP contribution in [0, 0.1) is 6.92 Å². The number of rotatable bonds is 3. The standard InChI is InChI=1S/C11H16ClNO/c1-7-4-5-11(10(12)6-7)13-8(2)9(3)14/h4-6,8-9,13-14H,1-3H3. The van der Waals surface area contributed by atoms with E-state index in [1.165, 1.54) is 0 Å². The van der Waals surface area contributed by atoms with Gasteiger partial charge in [-0.15, -0.1) is 0 Å². The molecule has 1 aromatic carbocycles. The van der Waals surface area contributed by atoms with Gasteiger partial charge in [0.1, 0.15) is 0 Å². The minimum atomic E-state index is -0.396. The van der Waals surface area contributed by atoms with Crippen LogP contribution in [0.1, 0.15) is 19.4 Å². The smallest absolute Gasteiger partial charge is 0.0710 e. The Balaban J connectivity index is 2.77. The van der Waals surface area contributed by atoms with E-state index >= 15 is 0 Å². The van der Waals surface area contributed by atoms with Crippen molar-refractivity contribution in [3.05, 3.63) is 28.8 Å². The number of nitrogens with one attached hydrogen (secondary N) is 1. The van der Waals surface area contributed by atoms with Crippen LogP contribution in [-0.2, 0) is 0 Å². The van der Waals surface area contributed by atoms with Gasteiger partial charge in [0.25, 0.3) is 0 Å². The molecule has 0 radical (unpaired) electrons. The molecule has 0 saturated heterocycles. The lowest BCUT2D eigenvalue weighted by molar-refractivity contribution is 0.178. The number of aliphatic hydroxyl groups is 1. The van der Waals surface area contributed by atoms with Crippen molar-refractivity contribution in [3.8, 4) is 0 Å². The second-order valence-corrected chi connectivity index (χ2v) is 4.06. The average molecular weight is 214 g/mol. The molecule has 0 fully saturated rings. The summed E-state index contributed by atoms with van der Waals surface area (Å²) >= 11 is 6.03. The third-order valence-electron chi connectivity index (χ3n) is 2.23. The van der Waals surface area contributed by atoms with Gasteiger partial charge >= 0.3 is 0 Å². The second kappa shape index (κ2) is 4.67. The molecule has 78 valence electrons. The maximum atomic E-state index is 9.32. The van der Waals surface area contributed by atoms with Gasteiger partial charge in [0.05, 0.1) is 16.8 Å². The molecule has 2 N–H and O–H groups in total. The largest absolute Gasteiger partial charge is 0.391 e. The van der Waals surface area contributed by atoms with Gasteiger partial charge < -0.3 is 10.4 Å². The maximum Gasteiger partial charge on any atom is 0.0710 e. The zero-order valence-corrected chi connectivity index (χ0v) is 9.47. The van der Waals surface area contributed by atoms with Crippen LogP contribution in [0.15, 0.2) is 18.2 Å². The lowest BCUT2D eigenvalue weighted by Gasteiger charge is -2.18. The number of aliphatic hydroxyl groups excluding tert-OH is 1. The van der Waals surface area contributed by atoms with E-state index < -0.39 is 6.10 Å². The van der Waals surface area contributed by atoms with Crippen LogP contribution in [0.5, 0.6) is 0 Å². The molecule has 14 heavy (non-hydrogen) atoms. The molecule has 0 spiro atoms. The summed E-state index contributed by atoms with van der Waals surface area (Å²) in [5, 5.41) is 13.2. The Morgan fingerprint density at radius 2 is 2.00 bits per heavy atom. The Bertz CT molecular complexity index is 312. The van der Waals surface area contributed by atoms with Crippen molar-refractivity contribution in [2.45, 2.75) is 32.9 Å². The number of hydrogen-bond acceptors (Lipinski definition) is 2. The van der Waals surface area contributed by atoms with Gasteiger partial charge in [0, 0.05) is 6.04 Å². The second-order valence-electron chi connectivity index (χ2n) is 3.66. The van der Waals surface area contributed by atoms with Gasteiger partial charge in [-0.3, -0.25) is 0 Å². The average Bonchev–Trinajstić information content (AvgIpc) is 2.09. The van der Waals surface area contributed by atoms with E-state index in [0.717, 1.165) is 11.3 Å². The summed E-state index contributed by atoms with van der Waals surface area (Å²) in [7, 11) is 0. The lowest BCUT2D eigenvalue weighted by atomic mass is 10.2. The van der Waals surface area contributed by atoms with E-state index in [4.69, 9.17) is 11.6 Å². The summed E-state index contributed by atoms with van der Waals surface area (Å²) < 4.78 is 0. The molecule has 0 amide bonds. The Kier molecular flexibility index (Phi) is 3.78. The van der Waals surface area contributed by atoms with Crippen molar-refractivity contribution in [3.63, 3.8) is 0 Å². The Labute approximate surface area is 89.9 Å². The highest BCUT2D eigenvalue weighted by molar-refractivity contribution is 6.33. The minimum Gasteiger partial charge on any atom is -0.391 e. The lowest BCUT2D eigenvalue weighted by Crippen LogP contribution is -2.27. The monoisotopic (exact) mass is 213 g/mol. The molecule has 0 bridgehead atoms. The van der Waals surface area contributed by atoms with Crippen LogP contribution in [0.25, 0.3) is 0 Å². The number of anilines is 1. The third kappa shape index (κ3) is 2.89. The number of benzene rings is 1. The zero-order chi connectivity index (χ0) is 10.7. The fourth-order valence-electron chi connectivity index (χ4n) is 1.10. The van der Waals surface area contributed by atoms with Crippen molar-refractivity contribution in [2.75, 3.05) is 5.32 Å². The van der Waals surface area contributed by atoms with Crippen LogP contribution in [0.2, 0.25) is 5.02 Å². The van der Waals surface area contributed by atoms with E-state index in [-0.39, 0.29) is 6.04 Å². The highest BCUT2D eigenvalue weighted by Crippen LogP contribution is 2.23. The summed E-state index contributed by atoms with van der Waals surface area (Å²) in [6.07, 6.45) is -0.396. The Morgan fingerprint density at radius 3 is 2.50 bits per heavy atom. The first kappa shape index (κ1) is 11.3. The van der Waals surface area contributed by atoms with Crippen molar-refractivity contribution >= 4 is 17.3 Å². The van der Waals surface area contributed by atoms with Crippen molar-refractivity contribution in [2.24, 2.45) is 0 Å². The summed E-state index contributed by atoms with van der Waals surface area (Å²) in [4.78, 5) is 0. The molecule has 0 heterocycles. The zero-order valence-electron chi connectivity index (χ0n) is 8.71. The van der Waals surface area contributed by atoms with Crippen LogP contribution in [-0.4, -0.2) is 17.3 Å². The van der Waals surface area contributed by atoms with Crippen LogP contribution in [0.3, 0.4) is 0 Å². The predicted octanol–water partition coefficient (Wildman–Crippen LogP) is 2.83. The van der Waals surface area contributed by atoms with Gasteiger partial charge in [-0.2, -0.15) is 0 Å². The molecule has 2 atom stereocenters. The summed E-state index contributed by atoms with van der Waals surface area (Å²) in [5.74, 6) is 0. The van der Waals surface area contributed by atoms with Gasteiger partial charge in [-0.1, -0.05) is 17.7 Å². The molecule has 1 rings (SSSR count). The molecule has 3 heteroatoms. The first-order chi connectivity index (χ1) is 6.50. The van der Waals surface area contributed by atoms with Gasteiger partial charge in [0.15, 0.2) is 0 Å². The molecule has 0 saturated carbocycles. The van der Waals surface area contributed by atoms with Crippen LogP contribution >= 0.6 is 11.6 Å². The maximum absolute atomic E-state index is 9.32. The fraction of sp³-hybridized carbons (Fsp3) is 0.455. The van der Waals surface area contributed by atoms with E-state index in [2.05, 4.69) is 5.32 Å². The molecule has 0 aliphatic rings. The van der Waals surface area contributed by atoms with Gasteiger partial charge in [-0.25, -0.2) is 0 Å². The summed E-state index contributed by atoms with van der Waals surface area (Å²) in [5.41, 5.74) is 2.00. The number of halogens is 1. The molecule has 2 unspecified atom stereocenters. The minimum absolute atomic E-state index is 0.00444. The molecular weight excluding hydrogens is 198 g/mol. The number of aryl methyl sites for hydroxylation is 1. The topological polar surface area (TPSA) is 32.3 Å². The molecule has 2 nitrogen and oxygen atoms in total. The Hall–Kier alpha value is -0.730. The molecule has 0 aliphatic carbocycles. The summed E-state index contributed by atoms with van der Waals surface area (Å²) in [6.45, 7) is 5.66. The van der Waals surface area contributed by atoms with E-state index in [1.54, 1.807) is 6.92 Å². The van der Waals surface area contributed by atoms with Crippen molar-refractivity contribution in [1.82, 2.24) is 0 Å². The van der Waals surface area contributed by atoms with E-state index in [1.807, 2.05) is 32.0 Å². The van der Waals surface area contributed by atoms with Gasteiger partial charge in [0.2, 0.25) is 0 Å². The normalized spacial score (nSPS) is 14.9. The predicted molar refractivity (Wildman–Crippen MR) is 61.0 cm³/mol. The SMILES string of the molecule is Cc1ccc(NC(C)C(C)O)c(Cl)c1. The number of hydrogen-bond donors (Lipinski definition) is 2. The van der Waals surface area contributed by atoms with Crippen molar-refractivity contribution in [1.29, 1.82) is 0 Å². The third-order valence-corrected chi connectivity index (χ3v) is 2.54. The van der Waals surface area contributed by atoms with Crippen LogP contribution < -0.4 is 5.32 Å². The first-order valence-electron chi connectivity index (χ1n) is 4.71. The van der Waals surface area contributed by atoms with Gasteiger partial charge in [-0.05, 0) is 38.5 Å². The Morgan fingerprint density at radius 1 is 1.36 bits per heavy atom. The molecule has 0 aliphatic heterocycles. The molecule has 0 aromatic heterocycles. The highest BCUT2D eigenvalue weighted by atomic mass is 35.5.